The van der Waals surface area contributed by atoms with Crippen LogP contribution in [-0.4, -0.2) is 34.9 Å². The lowest BCUT2D eigenvalue weighted by molar-refractivity contribution is -0.146. The van der Waals surface area contributed by atoms with Crippen LogP contribution in [0.4, 0.5) is 10.5 Å². The number of hydrogen-bond acceptors (Lipinski definition) is 3. The Kier molecular flexibility index (Phi) is 6.24. The molecule has 1 aromatic rings. The summed E-state index contributed by atoms with van der Waals surface area (Å²) in [7, 11) is 0. The molecule has 19 heavy (non-hydrogen) atoms. The van der Waals surface area contributed by atoms with Crippen LogP contribution in [0.5, 0.6) is 0 Å². The van der Waals surface area contributed by atoms with Crippen molar-refractivity contribution in [2.75, 3.05) is 11.9 Å². The van der Waals surface area contributed by atoms with Crippen LogP contribution >= 0.6 is 47.8 Å². The summed E-state index contributed by atoms with van der Waals surface area (Å²) in [5.41, 5.74) is 0.491. The predicted octanol–water partition coefficient (Wildman–Crippen LogP) is 2.54. The van der Waals surface area contributed by atoms with Crippen molar-refractivity contribution in [1.29, 1.82) is 0 Å². The highest BCUT2D eigenvalue weighted by atomic mass is 79.9. The third-order valence-electron chi connectivity index (χ3n) is 1.99. The van der Waals surface area contributed by atoms with Gasteiger partial charge in [-0.05, 0) is 44.0 Å². The molecule has 0 saturated heterocycles. The van der Waals surface area contributed by atoms with Crippen LogP contribution in [0.2, 0.25) is 0 Å². The second-order valence-electron chi connectivity index (χ2n) is 3.43. The molecule has 0 aliphatic heterocycles. The van der Waals surface area contributed by atoms with E-state index in [0.717, 1.165) is 4.47 Å². The summed E-state index contributed by atoms with van der Waals surface area (Å²) >= 11 is 9.86. The Morgan fingerprint density at radius 3 is 2.21 bits per heavy atom. The van der Waals surface area contributed by atoms with E-state index in [9.17, 15) is 9.59 Å². The van der Waals surface area contributed by atoms with Crippen molar-refractivity contribution in [3.63, 3.8) is 0 Å². The number of carboxylic acid groups (broad SMARTS) is 1. The normalized spacial score (nSPS) is 11.8. The van der Waals surface area contributed by atoms with E-state index in [1.54, 1.807) is 12.1 Å². The summed E-state index contributed by atoms with van der Waals surface area (Å²) in [6, 6.07) is 2.86. The fourth-order valence-electron chi connectivity index (χ4n) is 1.10. The minimum Gasteiger partial charge on any atom is -0.479 e. The summed E-state index contributed by atoms with van der Waals surface area (Å²) in [6.07, 6.45) is -1.64. The number of hydrogen-bond donors (Lipinski definition) is 4. The minimum atomic E-state index is -1.64. The van der Waals surface area contributed by atoms with E-state index in [0.29, 0.717) is 14.6 Å². The highest BCUT2D eigenvalue weighted by Gasteiger charge is 2.15. The quantitative estimate of drug-likeness (QED) is 0.555. The van der Waals surface area contributed by atoms with Gasteiger partial charge in [0.15, 0.2) is 6.10 Å². The average Bonchev–Trinajstić information content (AvgIpc) is 2.30. The van der Waals surface area contributed by atoms with Gasteiger partial charge in [-0.1, -0.05) is 15.9 Å². The first-order chi connectivity index (χ1) is 8.81. The molecule has 0 bridgehead atoms. The number of amides is 2. The first-order valence-corrected chi connectivity index (χ1v) is 7.29. The number of benzene rings is 1. The van der Waals surface area contributed by atoms with Gasteiger partial charge in [0.05, 0.1) is 12.2 Å². The Balaban J connectivity index is 2.65. The van der Waals surface area contributed by atoms with Gasteiger partial charge in [0.2, 0.25) is 0 Å². The molecule has 0 fully saturated rings. The summed E-state index contributed by atoms with van der Waals surface area (Å²) in [5, 5.41) is 22.3. The van der Waals surface area contributed by atoms with E-state index in [1.165, 1.54) is 0 Å². The molecular weight excluding hydrogens is 452 g/mol. The first kappa shape index (κ1) is 16.4. The molecule has 0 unspecified atom stereocenters. The molecule has 2 amide bonds. The van der Waals surface area contributed by atoms with Gasteiger partial charge >= 0.3 is 12.0 Å². The Labute approximate surface area is 134 Å². The van der Waals surface area contributed by atoms with E-state index in [1.807, 2.05) is 0 Å². The molecule has 0 saturated carbocycles. The molecule has 6 nitrogen and oxygen atoms in total. The van der Waals surface area contributed by atoms with Crippen LogP contribution < -0.4 is 10.6 Å². The van der Waals surface area contributed by atoms with Crippen molar-refractivity contribution in [3.05, 3.63) is 25.6 Å². The summed E-state index contributed by atoms with van der Waals surface area (Å²) < 4.78 is 2.10. The Hall–Kier alpha value is -0.640. The van der Waals surface area contributed by atoms with E-state index in [4.69, 9.17) is 10.2 Å². The number of halogens is 3. The van der Waals surface area contributed by atoms with Crippen molar-refractivity contribution in [2.45, 2.75) is 6.10 Å². The first-order valence-electron chi connectivity index (χ1n) is 4.91. The molecule has 0 aliphatic carbocycles. The molecule has 104 valence electrons. The number of aliphatic hydroxyl groups is 1. The van der Waals surface area contributed by atoms with Gasteiger partial charge in [-0.2, -0.15) is 0 Å². The predicted molar refractivity (Wildman–Crippen MR) is 80.2 cm³/mol. The number of carbonyl (C=O) groups excluding carboxylic acids is 1. The Bertz CT molecular complexity index is 487. The third kappa shape index (κ3) is 5.09. The lowest BCUT2D eigenvalue weighted by Crippen LogP contribution is -2.38. The van der Waals surface area contributed by atoms with Crippen LogP contribution in [0.1, 0.15) is 0 Å². The summed E-state index contributed by atoms with van der Waals surface area (Å²) in [5.74, 6) is -1.40. The lowest BCUT2D eigenvalue weighted by atomic mass is 10.3. The number of anilines is 1. The van der Waals surface area contributed by atoms with Gasteiger partial charge in [0, 0.05) is 13.4 Å². The maximum Gasteiger partial charge on any atom is 0.334 e. The van der Waals surface area contributed by atoms with Crippen LogP contribution in [0.25, 0.3) is 0 Å². The maximum absolute atomic E-state index is 11.5. The molecule has 0 aliphatic rings. The van der Waals surface area contributed by atoms with Gasteiger partial charge in [-0.25, -0.2) is 9.59 Å². The van der Waals surface area contributed by atoms with Crippen LogP contribution in [0.15, 0.2) is 25.6 Å². The van der Waals surface area contributed by atoms with Gasteiger partial charge in [-0.15, -0.1) is 0 Å². The highest BCUT2D eigenvalue weighted by molar-refractivity contribution is 9.11. The molecule has 1 aromatic carbocycles. The number of nitrogens with one attached hydrogen (secondary N) is 2. The number of carbonyl (C=O) groups is 2. The van der Waals surface area contributed by atoms with Crippen molar-refractivity contribution >= 4 is 65.5 Å². The van der Waals surface area contributed by atoms with Gasteiger partial charge < -0.3 is 20.8 Å². The molecular formula is C10H9Br3N2O4. The molecule has 9 heteroatoms. The van der Waals surface area contributed by atoms with E-state index in [-0.39, 0.29) is 6.54 Å². The summed E-state index contributed by atoms with van der Waals surface area (Å²) in [6.45, 7) is -0.382. The second kappa shape index (κ2) is 7.22. The van der Waals surface area contributed by atoms with E-state index in [2.05, 4.69) is 58.4 Å². The van der Waals surface area contributed by atoms with Gasteiger partial charge in [0.1, 0.15) is 0 Å². The lowest BCUT2D eigenvalue weighted by Gasteiger charge is -2.12. The number of carboxylic acids is 1. The molecule has 0 heterocycles. The fourth-order valence-corrected chi connectivity index (χ4v) is 3.55. The van der Waals surface area contributed by atoms with Crippen LogP contribution in [-0.2, 0) is 4.79 Å². The van der Waals surface area contributed by atoms with Crippen LogP contribution in [0, 0.1) is 0 Å². The van der Waals surface area contributed by atoms with E-state index < -0.39 is 18.1 Å². The Morgan fingerprint density at radius 1 is 1.21 bits per heavy atom. The molecule has 1 rings (SSSR count). The standard InChI is InChI=1S/C10H9Br3N2O4/c11-4-1-5(12)8(6(13)2-4)15-10(19)14-3-7(16)9(17)18/h1-2,7,16H,3H2,(H,17,18)(H2,14,15,19)/t7-/m0/s1. The number of urea groups is 1. The zero-order valence-corrected chi connectivity index (χ0v) is 14.0. The molecule has 0 aromatic heterocycles. The average molecular weight is 461 g/mol. The van der Waals surface area contributed by atoms with Crippen LogP contribution in [0.3, 0.4) is 0 Å². The fraction of sp³-hybridized carbons (Fsp3) is 0.200. The molecule has 1 atom stereocenters. The van der Waals surface area contributed by atoms with Crippen molar-refractivity contribution in [2.24, 2.45) is 0 Å². The minimum absolute atomic E-state index is 0.382. The highest BCUT2D eigenvalue weighted by Crippen LogP contribution is 2.34. The van der Waals surface area contributed by atoms with E-state index >= 15 is 0 Å². The largest absolute Gasteiger partial charge is 0.479 e. The monoisotopic (exact) mass is 458 g/mol. The molecule has 0 spiro atoms. The van der Waals surface area contributed by atoms with Crippen molar-refractivity contribution < 1.29 is 19.8 Å². The zero-order valence-electron chi connectivity index (χ0n) is 9.28. The molecule has 4 N–H and O–H groups in total. The SMILES string of the molecule is O=C(NC[C@H](O)C(=O)O)Nc1c(Br)cc(Br)cc1Br. The summed E-state index contributed by atoms with van der Waals surface area (Å²) in [4.78, 5) is 21.9. The number of aliphatic carboxylic acids is 1. The van der Waals surface area contributed by atoms with Crippen molar-refractivity contribution in [3.8, 4) is 0 Å². The second-order valence-corrected chi connectivity index (χ2v) is 6.06. The van der Waals surface area contributed by atoms with Gasteiger partial charge in [0.25, 0.3) is 0 Å². The Morgan fingerprint density at radius 2 is 1.74 bits per heavy atom. The maximum atomic E-state index is 11.5. The smallest absolute Gasteiger partial charge is 0.334 e. The zero-order chi connectivity index (χ0) is 14.6. The molecule has 0 radical (unpaired) electrons. The number of rotatable bonds is 4. The number of aliphatic hydroxyl groups excluding tert-OH is 1. The third-order valence-corrected chi connectivity index (χ3v) is 3.70. The topological polar surface area (TPSA) is 98.7 Å². The van der Waals surface area contributed by atoms with Gasteiger partial charge in [-0.3, -0.25) is 0 Å². The van der Waals surface area contributed by atoms with Crippen molar-refractivity contribution in [1.82, 2.24) is 5.32 Å².